The smallest absolute Gasteiger partial charge is 0.273 e. The van der Waals surface area contributed by atoms with Crippen LogP contribution < -0.4 is 5.32 Å². The van der Waals surface area contributed by atoms with Crippen LogP contribution in [-0.2, 0) is 26.2 Å². The maximum atomic E-state index is 13.0. The maximum absolute atomic E-state index is 13.0. The molecule has 33 heavy (non-hydrogen) atoms. The topological polar surface area (TPSA) is 58.4 Å². The highest BCUT2D eigenvalue weighted by atomic mass is 35.5. The molecule has 5 nitrogen and oxygen atoms in total. The number of nitrogens with one attached hydrogen (secondary N) is 1. The zero-order valence-electron chi connectivity index (χ0n) is 17.9. The molecule has 7 heteroatoms. The molecule has 0 saturated carbocycles. The molecular weight excluding hydrogens is 441 g/mol. The number of halogens is 2. The summed E-state index contributed by atoms with van der Waals surface area (Å²) in [6.45, 7) is 2.07. The lowest BCUT2D eigenvalue weighted by atomic mass is 10.1. The van der Waals surface area contributed by atoms with Crippen molar-refractivity contribution < 1.29 is 13.6 Å². The van der Waals surface area contributed by atoms with Crippen molar-refractivity contribution in [3.05, 3.63) is 124 Å². The van der Waals surface area contributed by atoms with Crippen LogP contribution in [0, 0.1) is 5.82 Å². The second-order valence-corrected chi connectivity index (χ2v) is 8.13. The van der Waals surface area contributed by atoms with Crippen molar-refractivity contribution in [1.82, 2.24) is 15.2 Å². The van der Waals surface area contributed by atoms with Gasteiger partial charge in [-0.1, -0.05) is 66.2 Å². The zero-order chi connectivity index (χ0) is 23.0. The van der Waals surface area contributed by atoms with Gasteiger partial charge in [-0.25, -0.2) is 9.37 Å². The van der Waals surface area contributed by atoms with E-state index in [1.165, 1.54) is 18.4 Å². The Kier molecular flexibility index (Phi) is 7.50. The third-order valence-corrected chi connectivity index (χ3v) is 5.33. The lowest BCUT2D eigenvalue weighted by molar-refractivity contribution is 0.0945. The van der Waals surface area contributed by atoms with Gasteiger partial charge in [-0.2, -0.15) is 0 Å². The van der Waals surface area contributed by atoms with E-state index in [2.05, 4.69) is 27.3 Å². The molecule has 4 aromatic rings. The quantitative estimate of drug-likeness (QED) is 0.351. The summed E-state index contributed by atoms with van der Waals surface area (Å²) >= 11 is 6.02. The van der Waals surface area contributed by atoms with Crippen LogP contribution in [0.15, 0.2) is 89.5 Å². The van der Waals surface area contributed by atoms with Crippen molar-refractivity contribution >= 4 is 17.5 Å². The first kappa shape index (κ1) is 22.7. The Balaban J connectivity index is 1.41. The van der Waals surface area contributed by atoms with E-state index in [0.717, 1.165) is 16.7 Å². The summed E-state index contributed by atoms with van der Waals surface area (Å²) in [5, 5.41) is 3.47. The van der Waals surface area contributed by atoms with Gasteiger partial charge < -0.3 is 9.73 Å². The molecule has 0 atom stereocenters. The first-order chi connectivity index (χ1) is 16.0. The van der Waals surface area contributed by atoms with Gasteiger partial charge in [0.15, 0.2) is 5.69 Å². The first-order valence-corrected chi connectivity index (χ1v) is 10.9. The summed E-state index contributed by atoms with van der Waals surface area (Å²) in [7, 11) is 0. The summed E-state index contributed by atoms with van der Waals surface area (Å²) in [5.74, 6) is -0.210. The van der Waals surface area contributed by atoms with E-state index in [0.29, 0.717) is 30.5 Å². The van der Waals surface area contributed by atoms with Crippen molar-refractivity contribution in [2.75, 3.05) is 0 Å². The minimum Gasteiger partial charge on any atom is -0.447 e. The van der Waals surface area contributed by atoms with E-state index in [1.807, 2.05) is 42.5 Å². The molecule has 0 radical (unpaired) electrons. The van der Waals surface area contributed by atoms with Crippen molar-refractivity contribution in [2.24, 2.45) is 0 Å². The van der Waals surface area contributed by atoms with E-state index in [1.54, 1.807) is 12.1 Å². The van der Waals surface area contributed by atoms with Crippen LogP contribution in [0.2, 0.25) is 5.02 Å². The van der Waals surface area contributed by atoms with Crippen molar-refractivity contribution in [3.8, 4) is 0 Å². The highest BCUT2D eigenvalue weighted by Crippen LogP contribution is 2.16. The third kappa shape index (κ3) is 6.75. The van der Waals surface area contributed by atoms with Gasteiger partial charge >= 0.3 is 0 Å². The van der Waals surface area contributed by atoms with Gasteiger partial charge in [0, 0.05) is 24.7 Å². The molecule has 0 unspecified atom stereocenters. The van der Waals surface area contributed by atoms with Crippen LogP contribution in [-0.4, -0.2) is 15.8 Å². The molecule has 4 rings (SSSR count). The highest BCUT2D eigenvalue weighted by molar-refractivity contribution is 6.30. The van der Waals surface area contributed by atoms with Crippen LogP contribution in [0.5, 0.6) is 0 Å². The molecule has 1 heterocycles. The third-order valence-electron chi connectivity index (χ3n) is 5.08. The van der Waals surface area contributed by atoms with Gasteiger partial charge in [0.25, 0.3) is 5.91 Å². The predicted octanol–water partition coefficient (Wildman–Crippen LogP) is 5.60. The van der Waals surface area contributed by atoms with Crippen LogP contribution >= 0.6 is 11.6 Å². The number of amides is 1. The number of carbonyl (C=O) groups is 1. The largest absolute Gasteiger partial charge is 0.447 e. The molecule has 0 saturated heterocycles. The predicted molar refractivity (Wildman–Crippen MR) is 125 cm³/mol. The number of oxazole rings is 1. The minimum absolute atomic E-state index is 0.207. The zero-order valence-corrected chi connectivity index (χ0v) is 18.6. The van der Waals surface area contributed by atoms with Crippen LogP contribution in [0.3, 0.4) is 0 Å². The monoisotopic (exact) mass is 463 g/mol. The number of hydrogen-bond donors (Lipinski definition) is 1. The Morgan fingerprint density at radius 1 is 0.879 bits per heavy atom. The molecule has 3 aromatic carbocycles. The summed E-state index contributed by atoms with van der Waals surface area (Å²) < 4.78 is 18.6. The lowest BCUT2D eigenvalue weighted by Gasteiger charge is -2.21. The Morgan fingerprint density at radius 2 is 1.52 bits per heavy atom. The fourth-order valence-electron chi connectivity index (χ4n) is 3.41. The Morgan fingerprint density at radius 3 is 2.21 bits per heavy atom. The van der Waals surface area contributed by atoms with E-state index in [9.17, 15) is 9.18 Å². The Labute approximate surface area is 196 Å². The number of benzene rings is 3. The van der Waals surface area contributed by atoms with Crippen LogP contribution in [0.1, 0.15) is 33.1 Å². The van der Waals surface area contributed by atoms with E-state index < -0.39 is 0 Å². The lowest BCUT2D eigenvalue weighted by Crippen LogP contribution is -2.24. The molecule has 0 aliphatic heterocycles. The Bertz CT molecular complexity index is 1180. The number of carbonyl (C=O) groups excluding carboxylic acids is 1. The SMILES string of the molecule is O=C(NCc1ccc(F)cc1)c1coc(CN(Cc2ccccc2)Cc2ccc(Cl)cc2)n1. The molecule has 0 fully saturated rings. The maximum Gasteiger partial charge on any atom is 0.273 e. The summed E-state index contributed by atoms with van der Waals surface area (Å²) in [4.78, 5) is 19.0. The fraction of sp³-hybridized carbons (Fsp3) is 0.154. The highest BCUT2D eigenvalue weighted by Gasteiger charge is 2.16. The molecule has 0 bridgehead atoms. The number of rotatable bonds is 9. The standard InChI is InChI=1S/C26H23ClFN3O2/c27-22-10-6-21(7-11-22)16-31(15-20-4-2-1-3-5-20)17-25-30-24(18-33-25)26(32)29-14-19-8-12-23(28)13-9-19/h1-13,18H,14-17H2,(H,29,32). The second kappa shape index (κ2) is 10.9. The molecule has 168 valence electrons. The van der Waals surface area contributed by atoms with Crippen molar-refractivity contribution in [3.63, 3.8) is 0 Å². The second-order valence-electron chi connectivity index (χ2n) is 7.69. The van der Waals surface area contributed by atoms with Crippen LogP contribution in [0.25, 0.3) is 0 Å². The number of nitrogens with zero attached hydrogens (tertiary/aromatic N) is 2. The van der Waals surface area contributed by atoms with Crippen molar-refractivity contribution in [2.45, 2.75) is 26.2 Å². The van der Waals surface area contributed by atoms with E-state index in [-0.39, 0.29) is 24.0 Å². The number of aromatic nitrogens is 1. The summed E-state index contributed by atoms with van der Waals surface area (Å²) in [5.41, 5.74) is 3.28. The van der Waals surface area contributed by atoms with Crippen molar-refractivity contribution in [1.29, 1.82) is 0 Å². The van der Waals surface area contributed by atoms with E-state index >= 15 is 0 Å². The van der Waals surface area contributed by atoms with Gasteiger partial charge in [0.1, 0.15) is 12.1 Å². The summed E-state index contributed by atoms with van der Waals surface area (Å²) in [6, 6.07) is 23.8. The number of hydrogen-bond acceptors (Lipinski definition) is 4. The molecule has 0 aliphatic rings. The average molecular weight is 464 g/mol. The first-order valence-electron chi connectivity index (χ1n) is 10.5. The van der Waals surface area contributed by atoms with Gasteiger partial charge in [0.05, 0.1) is 6.54 Å². The minimum atomic E-state index is -0.346. The van der Waals surface area contributed by atoms with Gasteiger partial charge in [-0.15, -0.1) is 0 Å². The van der Waals surface area contributed by atoms with Gasteiger partial charge in [-0.05, 0) is 41.0 Å². The summed E-state index contributed by atoms with van der Waals surface area (Å²) in [6.07, 6.45) is 1.36. The fourth-order valence-corrected chi connectivity index (χ4v) is 3.54. The average Bonchev–Trinajstić information content (AvgIpc) is 3.29. The van der Waals surface area contributed by atoms with E-state index in [4.69, 9.17) is 16.0 Å². The molecule has 1 aromatic heterocycles. The molecule has 0 spiro atoms. The van der Waals surface area contributed by atoms with Gasteiger partial charge in [0.2, 0.25) is 5.89 Å². The normalized spacial score (nSPS) is 11.0. The molecule has 0 aliphatic carbocycles. The Hall–Kier alpha value is -3.48. The molecular formula is C26H23ClFN3O2. The molecule has 1 amide bonds. The van der Waals surface area contributed by atoms with Crippen LogP contribution in [0.4, 0.5) is 4.39 Å². The van der Waals surface area contributed by atoms with Gasteiger partial charge in [-0.3, -0.25) is 9.69 Å². The molecule has 1 N–H and O–H groups in total.